The van der Waals surface area contributed by atoms with E-state index in [9.17, 15) is 52.8 Å². The van der Waals surface area contributed by atoms with Gasteiger partial charge in [0.25, 0.3) is 17.7 Å². The second kappa shape index (κ2) is 25.7. The van der Waals surface area contributed by atoms with Crippen LogP contribution in [0.25, 0.3) is 0 Å². The number of anilines is 3. The maximum absolute atomic E-state index is 14.9. The Morgan fingerprint density at radius 1 is 0.495 bits per heavy atom. The summed E-state index contributed by atoms with van der Waals surface area (Å²) in [7, 11) is -7.24. The van der Waals surface area contributed by atoms with E-state index < -0.39 is 96.1 Å². The van der Waals surface area contributed by atoms with Gasteiger partial charge >= 0.3 is 0 Å². The van der Waals surface area contributed by atoms with Crippen LogP contribution in [0.4, 0.5) is 30.2 Å². The largest absolute Gasteiger partial charge is 0.445 e. The minimum atomic E-state index is -3.82. The molecule has 9 N–H and O–H groups in total. The van der Waals surface area contributed by atoms with Crippen LogP contribution in [-0.2, 0) is 46.7 Å². The normalized spacial score (nSPS) is 23.0. The molecule has 3 aromatic carbocycles. The van der Waals surface area contributed by atoms with Gasteiger partial charge in [0, 0.05) is 100 Å². The average molecular weight is 1350 g/mol. The summed E-state index contributed by atoms with van der Waals surface area (Å²) < 4.78 is 126. The second-order valence-corrected chi connectivity index (χ2v) is 32.6. The van der Waals surface area contributed by atoms with E-state index in [2.05, 4.69) is 55.8 Å². The molecule has 27 nitrogen and oxygen atoms in total. The van der Waals surface area contributed by atoms with Gasteiger partial charge in [-0.25, -0.2) is 71.3 Å². The van der Waals surface area contributed by atoms with Crippen LogP contribution in [0, 0.1) is 45.1 Å². The summed E-state index contributed by atoms with van der Waals surface area (Å²) in [5, 5.41) is 7.95. The Kier molecular flexibility index (Phi) is 19.8. The lowest BCUT2D eigenvalue weighted by Gasteiger charge is -2.29. The number of carbonyl (C=O) groups is 3. The van der Waals surface area contributed by atoms with Gasteiger partial charge in [-0.15, -0.1) is 0 Å². The fraction of sp³-hybridized carbons (Fsp3) is 0.417. The first-order valence-corrected chi connectivity index (χ1v) is 32.9. The number of rotatable bonds is 9. The molecule has 0 aliphatic carbocycles. The number of sulfonamides is 3. The van der Waals surface area contributed by atoms with Crippen molar-refractivity contribution in [2.45, 2.75) is 121 Å². The van der Waals surface area contributed by atoms with Gasteiger partial charge in [-0.05, 0) is 143 Å². The van der Waals surface area contributed by atoms with Crippen LogP contribution in [0.1, 0.15) is 134 Å². The van der Waals surface area contributed by atoms with Crippen molar-refractivity contribution in [3.63, 3.8) is 0 Å². The van der Waals surface area contributed by atoms with E-state index in [1.54, 1.807) is 48.5 Å². The van der Waals surface area contributed by atoms with Crippen molar-refractivity contribution in [1.29, 1.82) is 0 Å². The summed E-state index contributed by atoms with van der Waals surface area (Å²) in [5.74, 6) is -3.08. The molecular formula is C60H76F3N17O10S3. The van der Waals surface area contributed by atoms with Crippen molar-refractivity contribution in [3.8, 4) is 0 Å². The number of benzene rings is 3. The van der Waals surface area contributed by atoms with E-state index in [1.807, 2.05) is 0 Å². The predicted molar refractivity (Wildman–Crippen MR) is 346 cm³/mol. The number of aromatic nitrogens is 5. The number of amidine groups is 3. The van der Waals surface area contributed by atoms with Crippen LogP contribution in [0.5, 0.6) is 0 Å². The third kappa shape index (κ3) is 14.2. The number of likely N-dealkylation sites (N-methyl/N-ethyl adjacent to an activating group) is 3. The number of hydrogen-bond acceptors (Lipinski definition) is 21. The van der Waals surface area contributed by atoms with Crippen LogP contribution in [0.2, 0.25) is 0 Å². The minimum Gasteiger partial charge on any atom is -0.445 e. The smallest absolute Gasteiger partial charge is 0.293 e. The van der Waals surface area contributed by atoms with Crippen molar-refractivity contribution in [2.24, 2.45) is 32.2 Å². The van der Waals surface area contributed by atoms with Crippen LogP contribution in [-0.4, -0.2) is 153 Å². The zero-order valence-corrected chi connectivity index (χ0v) is 56.7. The Morgan fingerprint density at radius 2 is 0.839 bits per heavy atom. The third-order valence-corrected chi connectivity index (χ3v) is 23.6. The van der Waals surface area contributed by atoms with Crippen LogP contribution in [0.3, 0.4) is 0 Å². The molecule has 93 heavy (non-hydrogen) atoms. The number of aliphatic imine (C=N–C) groups is 3. The quantitative estimate of drug-likeness (QED) is 0.0979. The number of nitrogens with one attached hydrogen (secondary N) is 3. The van der Waals surface area contributed by atoms with Crippen LogP contribution in [0.15, 0.2) is 98.8 Å². The highest BCUT2D eigenvalue weighted by atomic mass is 32.2. The summed E-state index contributed by atoms with van der Waals surface area (Å²) in [4.78, 5) is 70.8. The molecule has 9 rings (SSSR count). The van der Waals surface area contributed by atoms with E-state index in [0.29, 0.717) is 28.7 Å². The zero-order chi connectivity index (χ0) is 69.7. The van der Waals surface area contributed by atoms with Crippen LogP contribution >= 0.6 is 0 Å². The molecule has 3 aliphatic heterocycles. The van der Waals surface area contributed by atoms with E-state index in [-0.39, 0.29) is 76.7 Å². The van der Waals surface area contributed by atoms with E-state index in [1.165, 1.54) is 142 Å². The lowest BCUT2D eigenvalue weighted by atomic mass is 9.91. The van der Waals surface area contributed by atoms with E-state index in [0.717, 1.165) is 18.5 Å². The molecule has 6 heterocycles. The van der Waals surface area contributed by atoms with Gasteiger partial charge < -0.3 is 37.6 Å². The van der Waals surface area contributed by atoms with Gasteiger partial charge in [0.2, 0.25) is 35.9 Å². The molecule has 33 heteroatoms. The Morgan fingerprint density at radius 3 is 1.16 bits per heavy atom. The number of aryl methyl sites for hydroxylation is 4. The number of carbonyl (C=O) groups excluding carboxylic acids is 3. The fourth-order valence-corrected chi connectivity index (χ4v) is 14.8. The Bertz CT molecular complexity index is 4210. The monoisotopic (exact) mass is 1350 g/mol. The Labute approximate surface area is 538 Å². The van der Waals surface area contributed by atoms with Gasteiger partial charge in [-0.2, -0.15) is 0 Å². The van der Waals surface area contributed by atoms with Crippen molar-refractivity contribution >= 4 is 82.4 Å². The number of nitrogens with two attached hydrogens (primary N) is 3. The number of halogens is 3. The number of amides is 3. The van der Waals surface area contributed by atoms with Gasteiger partial charge in [-0.1, -0.05) is 0 Å². The maximum Gasteiger partial charge on any atom is 0.293 e. The maximum atomic E-state index is 14.9. The molecular weight excluding hydrogens is 1270 g/mol. The molecule has 3 aliphatic rings. The molecule has 0 fully saturated rings. The molecule has 0 spiro atoms. The first-order valence-electron chi connectivity index (χ1n) is 28.5. The molecule has 0 radical (unpaired) electrons. The van der Waals surface area contributed by atoms with Gasteiger partial charge in [0.15, 0.2) is 11.6 Å². The highest BCUT2D eigenvalue weighted by Crippen LogP contribution is 2.40. The first kappa shape index (κ1) is 71.8. The molecule has 6 aromatic rings. The molecule has 0 unspecified atom stereocenters. The lowest BCUT2D eigenvalue weighted by Crippen LogP contribution is -2.50. The molecule has 500 valence electrons. The van der Waals surface area contributed by atoms with E-state index in [4.69, 9.17) is 21.6 Å². The Hall–Kier alpha value is -8.63. The SMILES string of the molecule is Cc1cnc(C(=O)Nc2ccc(F)c([C@]3(C)CN(C)S(=O)(=O)C(C)(C)C(N)=N3)c2)cn1.Cc1cnc(C(=O)Nc2ccc(F)c([C@]3(C)CN(C)S(=O)(=O)C(C)(C)C(N)=N3)c2)nc1.Cc1nc(C(=O)Nc2ccc(F)c([C@]3(C)CN(C)S(=O)(=O)C(C)(C)C(N)=N3)c2)c(C)o1. The third-order valence-electron chi connectivity index (χ3n) is 16.2. The molecule has 3 atom stereocenters. The van der Waals surface area contributed by atoms with E-state index >= 15 is 0 Å². The fourth-order valence-electron chi connectivity index (χ4n) is 10.2. The molecule has 0 saturated carbocycles. The number of oxazole rings is 1. The number of nitrogens with zero attached hydrogens (tertiary/aromatic N) is 11. The lowest BCUT2D eigenvalue weighted by molar-refractivity contribution is 0.101. The standard InChI is InChI=1S/2C20H25FN6O3S.C20H26FN5O4S/c1-12-9-24-16(10-23-12)17(28)25-13-6-7-15(21)14(8-13)20(4)11-27(5)31(29,30)19(2,3)18(22)26-20;1-12-9-23-16(24-10-12)17(28)25-13-6-7-15(21)14(8-13)20(4)11-27(5)31(29,30)19(2,3)18(22)26-20;1-11-16(23-12(2)30-11)17(27)24-13-7-8-15(21)14(9-13)20(5)10-26(6)31(28,29)19(3,4)18(22)25-20/h2*6-10H,11H2,1-5H3,(H2,22,26)(H,25,28);7-9H,10H2,1-6H3,(H2,22,25)(H,24,27)/t3*20-/m000/s1. The van der Waals surface area contributed by atoms with Gasteiger partial charge in [0.1, 0.15) is 77.3 Å². The summed E-state index contributed by atoms with van der Waals surface area (Å²) in [6.45, 7) is 19.9. The predicted octanol–water partition coefficient (Wildman–Crippen LogP) is 5.91. The molecule has 3 aromatic heterocycles. The molecule has 0 bridgehead atoms. The highest BCUT2D eigenvalue weighted by Gasteiger charge is 2.51. The second-order valence-electron chi connectivity index (χ2n) is 24.8. The number of hydrogen-bond donors (Lipinski definition) is 6. The van der Waals surface area contributed by atoms with Gasteiger partial charge in [0.05, 0.1) is 11.9 Å². The van der Waals surface area contributed by atoms with Crippen molar-refractivity contribution < 1.29 is 57.2 Å². The topological polar surface area (TPSA) is 392 Å². The summed E-state index contributed by atoms with van der Waals surface area (Å²) in [6, 6.07) is 12.0. The zero-order valence-electron chi connectivity index (χ0n) is 54.2. The molecule has 3 amide bonds. The van der Waals surface area contributed by atoms with Gasteiger partial charge in [-0.3, -0.25) is 34.3 Å². The summed E-state index contributed by atoms with van der Waals surface area (Å²) >= 11 is 0. The van der Waals surface area contributed by atoms with Crippen molar-refractivity contribution in [1.82, 2.24) is 37.8 Å². The summed E-state index contributed by atoms with van der Waals surface area (Å²) in [6.07, 6.45) is 5.84. The summed E-state index contributed by atoms with van der Waals surface area (Å²) in [5.41, 5.74) is 17.1. The molecule has 0 saturated heterocycles. The average Bonchev–Trinajstić information content (AvgIpc) is 1.63. The Balaban J connectivity index is 0.000000198. The van der Waals surface area contributed by atoms with Crippen molar-refractivity contribution in [2.75, 3.05) is 56.7 Å². The first-order chi connectivity index (χ1) is 42.7. The minimum absolute atomic E-state index is 0.0352. The highest BCUT2D eigenvalue weighted by molar-refractivity contribution is 7.92. The van der Waals surface area contributed by atoms with Crippen molar-refractivity contribution in [3.05, 3.63) is 154 Å². The van der Waals surface area contributed by atoms with Crippen LogP contribution < -0.4 is 33.2 Å².